The summed E-state index contributed by atoms with van der Waals surface area (Å²) in [7, 11) is 1.99. The molecule has 0 aromatic carbocycles. The van der Waals surface area contributed by atoms with E-state index in [0.717, 1.165) is 13.1 Å². The topological polar surface area (TPSA) is 64.8 Å². The van der Waals surface area contributed by atoms with Crippen LogP contribution in [0.3, 0.4) is 0 Å². The maximum atomic E-state index is 10.5. The van der Waals surface area contributed by atoms with Gasteiger partial charge in [0.15, 0.2) is 0 Å². The molecule has 11 heavy (non-hydrogen) atoms. The predicted octanol–water partition coefficient (Wildman–Crippen LogP) is -2.14. The molecule has 0 aromatic rings. The van der Waals surface area contributed by atoms with E-state index in [-0.39, 0.29) is 0 Å². The van der Waals surface area contributed by atoms with Crippen LogP contribution in [-0.4, -0.2) is 38.9 Å². The van der Waals surface area contributed by atoms with Gasteiger partial charge in [-0.2, -0.15) is 0 Å². The van der Waals surface area contributed by atoms with Crippen LogP contribution in [0.15, 0.2) is 0 Å². The summed E-state index contributed by atoms with van der Waals surface area (Å²) >= 11 is -2.34. The van der Waals surface area contributed by atoms with E-state index in [1.54, 1.807) is 0 Å². The van der Waals surface area contributed by atoms with Gasteiger partial charge in [-0.25, -0.2) is 0 Å². The van der Waals surface area contributed by atoms with Gasteiger partial charge >= 0.3 is 0 Å². The first kappa shape index (κ1) is 9.12. The number of nitrogens with one attached hydrogen (secondary N) is 1. The van der Waals surface area contributed by atoms with Crippen molar-refractivity contribution in [3.05, 3.63) is 0 Å². The molecule has 1 rings (SSSR count). The van der Waals surface area contributed by atoms with Crippen molar-refractivity contribution in [3.8, 4) is 0 Å². The summed E-state index contributed by atoms with van der Waals surface area (Å²) in [6.07, 6.45) is 0.712. The lowest BCUT2D eigenvalue weighted by Crippen LogP contribution is -3.10. The van der Waals surface area contributed by atoms with Crippen molar-refractivity contribution in [2.45, 2.75) is 17.8 Å². The van der Waals surface area contributed by atoms with Crippen molar-refractivity contribution < 1.29 is 18.8 Å². The van der Waals surface area contributed by atoms with Gasteiger partial charge in [0.25, 0.3) is 0 Å². The van der Waals surface area contributed by atoms with Gasteiger partial charge in [0.1, 0.15) is 4.93 Å². The van der Waals surface area contributed by atoms with E-state index in [1.807, 2.05) is 7.05 Å². The molecule has 4 nitrogen and oxygen atoms in total. The maximum absolute atomic E-state index is 10.5. The molecule has 5 heteroatoms. The Morgan fingerprint density at radius 3 is 2.36 bits per heavy atom. The number of quaternary nitrogens is 1. The summed E-state index contributed by atoms with van der Waals surface area (Å²) in [4.78, 5) is -0.167. The van der Waals surface area contributed by atoms with Crippen LogP contribution in [0.5, 0.6) is 0 Å². The third-order valence-corrected chi connectivity index (χ3v) is 3.22. The first-order valence-corrected chi connectivity index (χ1v) is 4.75. The largest absolute Gasteiger partial charge is 0.770 e. The second kappa shape index (κ2) is 3.18. The zero-order valence-corrected chi connectivity index (χ0v) is 7.32. The van der Waals surface area contributed by atoms with Crippen LogP contribution in [0.2, 0.25) is 0 Å². The number of aliphatic hydroxyl groups is 1. The van der Waals surface area contributed by atoms with Crippen LogP contribution < -0.4 is 4.90 Å². The number of rotatable bonds is 1. The van der Waals surface area contributed by atoms with Crippen molar-refractivity contribution in [3.63, 3.8) is 0 Å². The van der Waals surface area contributed by atoms with Gasteiger partial charge in [-0.05, 0) is 11.1 Å². The summed E-state index contributed by atoms with van der Waals surface area (Å²) in [5, 5.41) is 9.44. The maximum Gasteiger partial charge on any atom is 0.137 e. The minimum atomic E-state index is -2.34. The van der Waals surface area contributed by atoms with E-state index in [2.05, 4.69) is 0 Å². The second-order valence-electron chi connectivity index (χ2n) is 3.14. The van der Waals surface area contributed by atoms with Crippen LogP contribution >= 0.6 is 0 Å². The molecule has 66 valence electrons. The molecular weight excluding hydrogens is 166 g/mol. The third-order valence-electron chi connectivity index (χ3n) is 2.20. The molecule has 1 heterocycles. The van der Waals surface area contributed by atoms with Crippen molar-refractivity contribution in [1.82, 2.24) is 0 Å². The molecule has 0 radical (unpaired) electrons. The summed E-state index contributed by atoms with van der Waals surface area (Å²) in [6.45, 7) is 1.45. The summed E-state index contributed by atoms with van der Waals surface area (Å²) in [5.41, 5.74) is 0. The fourth-order valence-corrected chi connectivity index (χ4v) is 1.77. The van der Waals surface area contributed by atoms with E-state index < -0.39 is 16.0 Å². The first-order valence-electron chi connectivity index (χ1n) is 3.68. The molecule has 1 atom stereocenters. The van der Waals surface area contributed by atoms with E-state index >= 15 is 0 Å². The Kier molecular flexibility index (Phi) is 2.64. The van der Waals surface area contributed by atoms with Crippen LogP contribution in [0, 0.1) is 0 Å². The molecule has 0 amide bonds. The minimum absolute atomic E-state index is 0.356. The zero-order chi connectivity index (χ0) is 8.48. The molecule has 1 aliphatic heterocycles. The van der Waals surface area contributed by atoms with Crippen molar-refractivity contribution in [1.29, 1.82) is 0 Å². The summed E-state index contributed by atoms with van der Waals surface area (Å²) < 4.78 is 21.0. The molecule has 0 bridgehead atoms. The Bertz CT molecular complexity index is 165. The molecule has 1 unspecified atom stereocenters. The lowest BCUT2D eigenvalue weighted by Gasteiger charge is -2.35. The quantitative estimate of drug-likeness (QED) is 0.452. The highest BCUT2D eigenvalue weighted by atomic mass is 32.2. The number of hydrogen-bond donors (Lipinski definition) is 2. The molecular formula is C6H13NO3S. The molecule has 0 saturated carbocycles. The van der Waals surface area contributed by atoms with Crippen LogP contribution in [0.1, 0.15) is 12.8 Å². The molecule has 0 aromatic heterocycles. The fraction of sp³-hybridized carbons (Fsp3) is 1.00. The Labute approximate surface area is 68.5 Å². The lowest BCUT2D eigenvalue weighted by atomic mass is 10.1. The first-order chi connectivity index (χ1) is 5.04. The van der Waals surface area contributed by atoms with Crippen LogP contribution in [0.4, 0.5) is 0 Å². The molecule has 1 fully saturated rings. The number of piperidine rings is 1. The van der Waals surface area contributed by atoms with E-state index in [9.17, 15) is 13.9 Å². The molecule has 0 spiro atoms. The van der Waals surface area contributed by atoms with Gasteiger partial charge < -0.3 is 14.6 Å². The van der Waals surface area contributed by atoms with Crippen LogP contribution in [-0.2, 0) is 11.1 Å². The smallest absolute Gasteiger partial charge is 0.137 e. The van der Waals surface area contributed by atoms with E-state index in [0.29, 0.717) is 12.8 Å². The van der Waals surface area contributed by atoms with Gasteiger partial charge in [0, 0.05) is 12.8 Å². The highest BCUT2D eigenvalue weighted by molar-refractivity contribution is 7.80. The highest BCUT2D eigenvalue weighted by Gasteiger charge is 2.34. The lowest BCUT2D eigenvalue weighted by molar-refractivity contribution is -0.886. The second-order valence-corrected chi connectivity index (χ2v) is 4.37. The van der Waals surface area contributed by atoms with Crippen molar-refractivity contribution >= 4 is 11.1 Å². The molecule has 1 saturated heterocycles. The van der Waals surface area contributed by atoms with Crippen LogP contribution in [0.25, 0.3) is 0 Å². The average molecular weight is 179 g/mol. The number of likely N-dealkylation sites (tertiary alicyclic amines) is 1. The predicted molar refractivity (Wildman–Crippen MR) is 39.7 cm³/mol. The monoisotopic (exact) mass is 179 g/mol. The highest BCUT2D eigenvalue weighted by Crippen LogP contribution is 2.18. The van der Waals surface area contributed by atoms with E-state index in [1.165, 1.54) is 4.90 Å². The summed E-state index contributed by atoms with van der Waals surface area (Å²) in [6, 6.07) is 0. The molecule has 1 aliphatic rings. The van der Waals surface area contributed by atoms with Gasteiger partial charge in [0.05, 0.1) is 20.1 Å². The van der Waals surface area contributed by atoms with Gasteiger partial charge in [0.2, 0.25) is 0 Å². The average Bonchev–Trinajstić information content (AvgIpc) is 1.95. The molecule has 0 aliphatic carbocycles. The summed E-state index contributed by atoms with van der Waals surface area (Å²) in [5.74, 6) is 0. The fourth-order valence-electron chi connectivity index (χ4n) is 1.23. The van der Waals surface area contributed by atoms with Gasteiger partial charge in [-0.15, -0.1) is 0 Å². The normalized spacial score (nSPS) is 41.9. The Morgan fingerprint density at radius 1 is 1.55 bits per heavy atom. The SMILES string of the molecule is C[NH+]1CCC(O)(S(=O)[O-])CC1. The van der Waals surface area contributed by atoms with Gasteiger partial charge in [-0.3, -0.25) is 4.21 Å². The van der Waals surface area contributed by atoms with E-state index in [4.69, 9.17) is 0 Å². The van der Waals surface area contributed by atoms with Crippen molar-refractivity contribution in [2.24, 2.45) is 0 Å². The minimum Gasteiger partial charge on any atom is -0.770 e. The van der Waals surface area contributed by atoms with Gasteiger partial charge in [-0.1, -0.05) is 0 Å². The Morgan fingerprint density at radius 2 is 2.00 bits per heavy atom. The Hall–Kier alpha value is 0.0300. The molecule has 2 N–H and O–H groups in total. The van der Waals surface area contributed by atoms with Crippen molar-refractivity contribution in [2.75, 3.05) is 20.1 Å². The Balaban J connectivity index is 2.55. The number of hydrogen-bond acceptors (Lipinski definition) is 3. The standard InChI is InChI=1S/C6H13NO3S/c1-7-4-2-6(8,3-5-7)11(9)10/h8H,2-5H2,1H3,(H,9,10). The zero-order valence-electron chi connectivity index (χ0n) is 6.50. The third kappa shape index (κ3) is 1.99.